The third-order valence-electron chi connectivity index (χ3n) is 12.4. The molecule has 1 N–H and O–H groups in total. The van der Waals surface area contributed by atoms with Crippen molar-refractivity contribution >= 4 is 0 Å². The number of ether oxygens (including phenoxy) is 2. The van der Waals surface area contributed by atoms with Crippen LogP contribution in [0.3, 0.4) is 0 Å². The Morgan fingerprint density at radius 3 is 1.36 bits per heavy atom. The summed E-state index contributed by atoms with van der Waals surface area (Å²) in [5, 5.41) is 7.81. The van der Waals surface area contributed by atoms with Gasteiger partial charge in [0.05, 0.1) is 13.2 Å². The third kappa shape index (κ3) is 33.2. The number of fused-ring (bicyclic) bond motifs is 2. The second kappa shape index (κ2) is 49.2. The fraction of sp³-hybridized carbons (Fsp3) is 0.878. The molecule has 6 fully saturated rings. The summed E-state index contributed by atoms with van der Waals surface area (Å²) in [7, 11) is 0. The molecule has 0 aromatic carbocycles. The Labute approximate surface area is 392 Å². The topological polar surface area (TPSA) is 41.9 Å². The van der Waals surface area contributed by atoms with Gasteiger partial charge < -0.3 is 63.0 Å². The van der Waals surface area contributed by atoms with Crippen LogP contribution in [0.15, 0.2) is 0 Å². The molecule has 2 bridgehead atoms. The van der Waals surface area contributed by atoms with Crippen LogP contribution in [0.1, 0.15) is 201 Å². The maximum absolute atomic E-state index is 7.81. The molecule has 6 saturated carbocycles. The van der Waals surface area contributed by atoms with Crippen LogP contribution in [-0.4, -0.2) is 62.7 Å². The van der Waals surface area contributed by atoms with Gasteiger partial charge in [-0.2, -0.15) is 6.42 Å². The van der Waals surface area contributed by atoms with E-state index in [-0.39, 0.29) is 91.5 Å². The van der Waals surface area contributed by atoms with Crippen molar-refractivity contribution in [3.8, 4) is 0 Å². The summed E-state index contributed by atoms with van der Waals surface area (Å²) in [4.78, 5) is 2.36. The van der Waals surface area contributed by atoms with Crippen molar-refractivity contribution in [3.63, 3.8) is 0 Å². The van der Waals surface area contributed by atoms with Gasteiger partial charge in [0.15, 0.2) is 0 Å². The van der Waals surface area contributed by atoms with Gasteiger partial charge in [0.2, 0.25) is 0 Å². The first-order valence-electron chi connectivity index (χ1n) is 22.2. The van der Waals surface area contributed by atoms with Crippen LogP contribution in [0, 0.1) is 66.2 Å². The Morgan fingerprint density at radius 1 is 0.589 bits per heavy atom. The second-order valence-electron chi connectivity index (χ2n) is 15.9. The number of rotatable bonds is 16. The molecule has 6 aliphatic rings. The van der Waals surface area contributed by atoms with Crippen LogP contribution in [0.4, 0.5) is 0 Å². The van der Waals surface area contributed by atoms with Gasteiger partial charge in [0.25, 0.3) is 0 Å². The predicted octanol–water partition coefficient (Wildman–Crippen LogP) is 14.6. The number of nitrogens with zero attached hydrogens (tertiary/aromatic N) is 1. The number of aliphatic hydroxyl groups is 1. The number of hydrogen-bond acceptors (Lipinski definition) is 4. The standard InChI is InChI=1S/C24H44NO2.C9H16.C5H10.C3H7O.2C2H6.4CH3.2Fe.W/c1-2-25(15-19-26-17-5-9-22-7-3-4-8-22)16-20-27-18-6-12-24-13-10-23(21-24)11-14-24;1-2-6-9(5-1)7-3-4-8-9;1-2-4-5-3-1;1-2-3-4;2*1-2;;;;;;;/h22-23H,1-21H2;1-8H2;1-5H2;4H,1-3H2;2*1-2H3;4*1H3;;;/q-1;;;-1;;;4*-1;3*+2. The summed E-state index contributed by atoms with van der Waals surface area (Å²) < 4.78 is 11.8. The van der Waals surface area contributed by atoms with Gasteiger partial charge in [0, 0.05) is 32.9 Å². The molecule has 4 nitrogen and oxygen atoms in total. The van der Waals surface area contributed by atoms with E-state index in [0.717, 1.165) is 68.7 Å². The Hall–Kier alpha value is 1.57. The average Bonchev–Trinajstić information content (AvgIpc) is 4.02. The molecule has 0 amide bonds. The fourth-order valence-corrected chi connectivity index (χ4v) is 9.55. The van der Waals surface area contributed by atoms with E-state index in [1.54, 1.807) is 25.7 Å². The zero-order valence-corrected chi connectivity index (χ0v) is 44.3. The van der Waals surface area contributed by atoms with Crippen LogP contribution in [0.5, 0.6) is 0 Å². The van der Waals surface area contributed by atoms with Crippen LogP contribution >= 0.6 is 0 Å². The van der Waals surface area contributed by atoms with Gasteiger partial charge in [-0.05, 0) is 106 Å². The van der Waals surface area contributed by atoms with Gasteiger partial charge in [-0.3, -0.25) is 0 Å². The van der Waals surface area contributed by atoms with Crippen molar-refractivity contribution in [3.05, 3.63) is 43.6 Å². The second-order valence-corrected chi connectivity index (χ2v) is 15.9. The summed E-state index contributed by atoms with van der Waals surface area (Å²) in [6.07, 6.45) is 39.1. The maximum Gasteiger partial charge on any atom is 2.00 e. The van der Waals surface area contributed by atoms with Crippen molar-refractivity contribution in [2.24, 2.45) is 22.7 Å². The minimum absolute atomic E-state index is 0. The van der Waals surface area contributed by atoms with Crippen LogP contribution in [0.2, 0.25) is 0 Å². The molecular weight excluding hydrogens is 946 g/mol. The normalized spacial score (nSPS) is 21.5. The number of hydrogen-bond donors (Lipinski definition) is 1. The zero-order chi connectivity index (χ0) is 35.9. The largest absolute Gasteiger partial charge is 2.00 e. The smallest absolute Gasteiger partial charge is 0.399 e. The van der Waals surface area contributed by atoms with Gasteiger partial charge in [-0.1, -0.05) is 111 Å². The minimum Gasteiger partial charge on any atom is -0.399 e. The van der Waals surface area contributed by atoms with E-state index in [1.807, 2.05) is 27.7 Å². The molecule has 6 rings (SSSR count). The molecule has 6 aliphatic carbocycles. The predicted molar refractivity (Wildman–Crippen MR) is 241 cm³/mol. The quantitative estimate of drug-likeness (QED) is 0.0950. The van der Waals surface area contributed by atoms with E-state index in [1.165, 1.54) is 141 Å². The molecule has 7 heteroatoms. The molecule has 56 heavy (non-hydrogen) atoms. The summed E-state index contributed by atoms with van der Waals surface area (Å²) in [5.41, 5.74) is 1.61. The van der Waals surface area contributed by atoms with E-state index in [2.05, 4.69) is 18.7 Å². The van der Waals surface area contributed by atoms with Crippen molar-refractivity contribution in [1.29, 1.82) is 0 Å². The molecule has 342 valence electrons. The molecule has 1 spiro atoms. The first-order valence-corrected chi connectivity index (χ1v) is 22.2. The molecule has 0 aliphatic heterocycles. The minimum atomic E-state index is 0. The van der Waals surface area contributed by atoms with Gasteiger partial charge in [-0.15, -0.1) is 6.54 Å². The van der Waals surface area contributed by atoms with Crippen molar-refractivity contribution in [2.45, 2.75) is 201 Å². The molecule has 0 radical (unpaired) electrons. The third-order valence-corrected chi connectivity index (χ3v) is 12.4. The Morgan fingerprint density at radius 2 is 1.00 bits per heavy atom. The van der Waals surface area contributed by atoms with Crippen molar-refractivity contribution in [1.82, 2.24) is 4.90 Å². The maximum atomic E-state index is 7.81. The first-order chi connectivity index (χ1) is 24.1. The SMILES string of the molecule is C1CCC2(C1)CCCC2.C1CCCC1.CC.CC.[CH2-]CCO.[CH2-]CN(CCOCCCC1CCCC1)CCOCCCC12CCC(CC1)C2.[CH3-].[CH3-].[CH3-].[CH3-].[Fe+2].[Fe+2].[W+2]. The van der Waals surface area contributed by atoms with Gasteiger partial charge in [-0.25, -0.2) is 0 Å². The molecule has 0 aromatic heterocycles. The van der Waals surface area contributed by atoms with E-state index in [0.29, 0.717) is 6.42 Å². The summed E-state index contributed by atoms with van der Waals surface area (Å²) in [5.74, 6) is 2.06. The van der Waals surface area contributed by atoms with E-state index in [4.69, 9.17) is 14.6 Å². The van der Waals surface area contributed by atoms with Crippen LogP contribution < -0.4 is 0 Å². The van der Waals surface area contributed by atoms with E-state index < -0.39 is 0 Å². The van der Waals surface area contributed by atoms with E-state index >= 15 is 0 Å². The van der Waals surface area contributed by atoms with Crippen LogP contribution in [0.25, 0.3) is 0 Å². The first kappa shape index (κ1) is 72.0. The van der Waals surface area contributed by atoms with Gasteiger partial charge in [0.1, 0.15) is 0 Å². The molecule has 0 aromatic rings. The monoisotopic (exact) mass is 1050 g/mol. The zero-order valence-electron chi connectivity index (χ0n) is 39.1. The average molecular weight is 1050 g/mol. The summed E-state index contributed by atoms with van der Waals surface area (Å²) >= 11 is 0. The molecule has 0 saturated heterocycles. The molecule has 0 unspecified atom stereocenters. The summed E-state index contributed by atoms with van der Waals surface area (Å²) in [6.45, 7) is 22.0. The van der Waals surface area contributed by atoms with Crippen molar-refractivity contribution < 1.29 is 69.8 Å². The Kier molecular flexibility index (Phi) is 63.3. The van der Waals surface area contributed by atoms with Gasteiger partial charge >= 0.3 is 55.2 Å². The number of aliphatic hydroxyl groups excluding tert-OH is 1. The van der Waals surface area contributed by atoms with Crippen LogP contribution in [-0.2, 0) is 64.7 Å². The molecular formula is C49H101Fe2NO3W. The Balaban J connectivity index is -0.000000138. The van der Waals surface area contributed by atoms with E-state index in [9.17, 15) is 0 Å². The van der Waals surface area contributed by atoms with Crippen molar-refractivity contribution in [2.75, 3.05) is 52.7 Å². The molecule has 0 heterocycles. The molecule has 0 atom stereocenters. The fourth-order valence-electron chi connectivity index (χ4n) is 9.55. The summed E-state index contributed by atoms with van der Waals surface area (Å²) in [6, 6.07) is 0. The Bertz CT molecular complexity index is 662.